The van der Waals surface area contributed by atoms with Gasteiger partial charge in [-0.2, -0.15) is 0 Å². The van der Waals surface area contributed by atoms with Crippen LogP contribution in [0.25, 0.3) is 0 Å². The summed E-state index contributed by atoms with van der Waals surface area (Å²) in [6, 6.07) is 4.23. The van der Waals surface area contributed by atoms with Crippen LogP contribution in [0, 0.1) is 0 Å². The molecule has 0 aromatic heterocycles. The molecule has 6 nitrogen and oxygen atoms in total. The number of aromatic carboxylic acids is 1. The van der Waals surface area contributed by atoms with Crippen LogP contribution in [0.15, 0.2) is 18.2 Å². The van der Waals surface area contributed by atoms with Gasteiger partial charge in [-0.25, -0.2) is 4.79 Å². The molecule has 1 unspecified atom stereocenters. The van der Waals surface area contributed by atoms with Crippen molar-refractivity contribution < 1.29 is 24.2 Å². The minimum Gasteiger partial charge on any atom is -0.493 e. The quantitative estimate of drug-likeness (QED) is 0.794. The highest BCUT2D eigenvalue weighted by atomic mass is 16.5. The van der Waals surface area contributed by atoms with E-state index in [1.54, 1.807) is 6.92 Å². The molecule has 20 heavy (non-hydrogen) atoms. The van der Waals surface area contributed by atoms with Crippen LogP contribution in [0.4, 0.5) is 0 Å². The molecule has 1 aromatic rings. The van der Waals surface area contributed by atoms with E-state index in [1.807, 2.05) is 6.92 Å². The normalized spacial score (nSPS) is 11.6. The fourth-order valence-electron chi connectivity index (χ4n) is 1.53. The predicted molar refractivity (Wildman–Crippen MR) is 73.3 cm³/mol. The first kappa shape index (κ1) is 15.8. The molecular weight excluding hydrogens is 262 g/mol. The van der Waals surface area contributed by atoms with E-state index in [0.717, 1.165) is 6.42 Å². The molecule has 1 aromatic carbocycles. The maximum absolute atomic E-state index is 11.7. The number of carboxylic acid groups (broad SMARTS) is 1. The molecular formula is C14H19NO5. The van der Waals surface area contributed by atoms with Gasteiger partial charge in [-0.1, -0.05) is 6.92 Å². The molecule has 0 heterocycles. The fourth-order valence-corrected chi connectivity index (χ4v) is 1.53. The summed E-state index contributed by atoms with van der Waals surface area (Å²) in [5, 5.41) is 11.6. The van der Waals surface area contributed by atoms with E-state index >= 15 is 0 Å². The second-order valence-corrected chi connectivity index (χ2v) is 4.22. The van der Waals surface area contributed by atoms with E-state index in [1.165, 1.54) is 25.3 Å². The summed E-state index contributed by atoms with van der Waals surface area (Å²) in [6.45, 7) is 4.16. The lowest BCUT2D eigenvalue weighted by Crippen LogP contribution is -2.36. The fraction of sp³-hybridized carbons (Fsp3) is 0.429. The lowest BCUT2D eigenvalue weighted by atomic mass is 10.2. The summed E-state index contributed by atoms with van der Waals surface area (Å²) in [5.41, 5.74) is 0.0947. The van der Waals surface area contributed by atoms with Gasteiger partial charge in [-0.3, -0.25) is 4.79 Å². The number of methoxy groups -OCH3 is 1. The van der Waals surface area contributed by atoms with E-state index < -0.39 is 12.1 Å². The van der Waals surface area contributed by atoms with Crippen molar-refractivity contribution in [3.8, 4) is 11.5 Å². The van der Waals surface area contributed by atoms with Crippen molar-refractivity contribution in [2.45, 2.75) is 26.4 Å². The molecule has 0 bridgehead atoms. The zero-order valence-corrected chi connectivity index (χ0v) is 11.8. The van der Waals surface area contributed by atoms with E-state index in [9.17, 15) is 9.59 Å². The van der Waals surface area contributed by atoms with Crippen molar-refractivity contribution >= 4 is 11.9 Å². The van der Waals surface area contributed by atoms with Gasteiger partial charge in [0.25, 0.3) is 5.91 Å². The van der Waals surface area contributed by atoms with E-state index in [0.29, 0.717) is 12.3 Å². The molecule has 0 spiro atoms. The van der Waals surface area contributed by atoms with Gasteiger partial charge in [0, 0.05) is 6.54 Å². The maximum atomic E-state index is 11.7. The summed E-state index contributed by atoms with van der Waals surface area (Å²) >= 11 is 0. The lowest BCUT2D eigenvalue weighted by Gasteiger charge is -2.16. The largest absolute Gasteiger partial charge is 0.493 e. The molecule has 0 saturated heterocycles. The molecule has 1 atom stereocenters. The van der Waals surface area contributed by atoms with E-state index in [2.05, 4.69) is 5.32 Å². The Labute approximate surface area is 117 Å². The van der Waals surface area contributed by atoms with Crippen LogP contribution in [0.5, 0.6) is 11.5 Å². The number of benzene rings is 1. The Bertz CT molecular complexity index is 486. The van der Waals surface area contributed by atoms with Gasteiger partial charge < -0.3 is 19.9 Å². The predicted octanol–water partition coefficient (Wildman–Crippen LogP) is 1.69. The molecule has 0 aliphatic rings. The Hall–Kier alpha value is -2.24. The summed E-state index contributed by atoms with van der Waals surface area (Å²) in [5.74, 6) is -0.670. The maximum Gasteiger partial charge on any atom is 0.335 e. The van der Waals surface area contributed by atoms with Gasteiger partial charge in [0.2, 0.25) is 0 Å². The standard InChI is InChI=1S/C14H19NO5/c1-4-7-15-13(16)9(2)20-11-6-5-10(14(17)18)8-12(11)19-3/h5-6,8-9H,4,7H2,1-3H3,(H,15,16)(H,17,18). The first-order valence-corrected chi connectivity index (χ1v) is 6.35. The van der Waals surface area contributed by atoms with Crippen molar-refractivity contribution in [1.82, 2.24) is 5.32 Å². The number of hydrogen-bond acceptors (Lipinski definition) is 4. The molecule has 6 heteroatoms. The second-order valence-electron chi connectivity index (χ2n) is 4.22. The highest BCUT2D eigenvalue weighted by Gasteiger charge is 2.17. The minimum absolute atomic E-state index is 0.0947. The van der Waals surface area contributed by atoms with Gasteiger partial charge in [-0.15, -0.1) is 0 Å². The Morgan fingerprint density at radius 2 is 2.05 bits per heavy atom. The molecule has 2 N–H and O–H groups in total. The average molecular weight is 281 g/mol. The van der Waals surface area contributed by atoms with Gasteiger partial charge in [-0.05, 0) is 31.5 Å². The lowest BCUT2D eigenvalue weighted by molar-refractivity contribution is -0.127. The van der Waals surface area contributed by atoms with Crippen LogP contribution in [-0.2, 0) is 4.79 Å². The van der Waals surface area contributed by atoms with Crippen molar-refractivity contribution in [1.29, 1.82) is 0 Å². The minimum atomic E-state index is -1.05. The Morgan fingerprint density at radius 1 is 1.35 bits per heavy atom. The Balaban J connectivity index is 2.81. The number of hydrogen-bond donors (Lipinski definition) is 2. The van der Waals surface area contributed by atoms with Gasteiger partial charge in [0.15, 0.2) is 17.6 Å². The van der Waals surface area contributed by atoms with Crippen LogP contribution in [0.2, 0.25) is 0 Å². The van der Waals surface area contributed by atoms with E-state index in [4.69, 9.17) is 14.6 Å². The molecule has 1 amide bonds. The third kappa shape index (κ3) is 4.15. The van der Waals surface area contributed by atoms with Crippen LogP contribution >= 0.6 is 0 Å². The van der Waals surface area contributed by atoms with Crippen LogP contribution < -0.4 is 14.8 Å². The zero-order chi connectivity index (χ0) is 15.1. The first-order valence-electron chi connectivity index (χ1n) is 6.35. The topological polar surface area (TPSA) is 84.9 Å². The molecule has 0 fully saturated rings. The molecule has 0 radical (unpaired) electrons. The van der Waals surface area contributed by atoms with Crippen LogP contribution in [-0.4, -0.2) is 36.7 Å². The molecule has 0 aliphatic heterocycles. The van der Waals surface area contributed by atoms with Crippen molar-refractivity contribution in [3.63, 3.8) is 0 Å². The van der Waals surface area contributed by atoms with Gasteiger partial charge in [0.05, 0.1) is 12.7 Å². The number of carboxylic acids is 1. The number of nitrogens with one attached hydrogen (secondary N) is 1. The number of ether oxygens (including phenoxy) is 2. The summed E-state index contributed by atoms with van der Waals surface area (Å²) < 4.78 is 10.6. The second kappa shape index (κ2) is 7.37. The summed E-state index contributed by atoms with van der Waals surface area (Å²) in [4.78, 5) is 22.6. The number of carbonyl (C=O) groups is 2. The number of carbonyl (C=O) groups excluding carboxylic acids is 1. The Morgan fingerprint density at radius 3 is 2.60 bits per heavy atom. The van der Waals surface area contributed by atoms with E-state index in [-0.39, 0.29) is 17.2 Å². The third-order valence-electron chi connectivity index (χ3n) is 2.63. The average Bonchev–Trinajstić information content (AvgIpc) is 2.44. The Kier molecular flexibility index (Phi) is 5.83. The van der Waals surface area contributed by atoms with Crippen molar-refractivity contribution in [3.05, 3.63) is 23.8 Å². The molecule has 0 aliphatic carbocycles. The highest BCUT2D eigenvalue weighted by molar-refractivity contribution is 5.88. The number of amides is 1. The third-order valence-corrected chi connectivity index (χ3v) is 2.63. The molecule has 1 rings (SSSR count). The van der Waals surface area contributed by atoms with Gasteiger partial charge in [0.1, 0.15) is 0 Å². The molecule has 0 saturated carbocycles. The number of rotatable bonds is 7. The van der Waals surface area contributed by atoms with Crippen LogP contribution in [0.1, 0.15) is 30.6 Å². The van der Waals surface area contributed by atoms with Crippen LogP contribution in [0.3, 0.4) is 0 Å². The van der Waals surface area contributed by atoms with Gasteiger partial charge >= 0.3 is 5.97 Å². The van der Waals surface area contributed by atoms with Crippen molar-refractivity contribution in [2.24, 2.45) is 0 Å². The summed E-state index contributed by atoms with van der Waals surface area (Å²) in [6.07, 6.45) is 0.154. The molecule has 110 valence electrons. The summed E-state index contributed by atoms with van der Waals surface area (Å²) in [7, 11) is 1.41. The monoisotopic (exact) mass is 281 g/mol. The smallest absolute Gasteiger partial charge is 0.335 e. The zero-order valence-electron chi connectivity index (χ0n) is 11.8. The SMILES string of the molecule is CCCNC(=O)C(C)Oc1ccc(C(=O)O)cc1OC. The first-order chi connectivity index (χ1) is 9.49. The highest BCUT2D eigenvalue weighted by Crippen LogP contribution is 2.29. The van der Waals surface area contributed by atoms with Crippen molar-refractivity contribution in [2.75, 3.05) is 13.7 Å².